The first-order valence-corrected chi connectivity index (χ1v) is 11.4. The Kier molecular flexibility index (Phi) is 7.85. The Bertz CT molecular complexity index is 990. The highest BCUT2D eigenvalue weighted by molar-refractivity contribution is 8.13. The quantitative estimate of drug-likeness (QED) is 0.218. The van der Waals surface area contributed by atoms with Gasteiger partial charge in [-0.3, -0.25) is 4.79 Å². The summed E-state index contributed by atoms with van der Waals surface area (Å²) in [5.74, 6) is -0.194. The van der Waals surface area contributed by atoms with Crippen LogP contribution < -0.4 is 33.4 Å². The molecule has 0 bridgehead atoms. The molecule has 4 rings (SSSR count). The first kappa shape index (κ1) is 22.0. The van der Waals surface area contributed by atoms with Crippen LogP contribution in [0.3, 0.4) is 0 Å². The molecule has 1 aliphatic heterocycles. The maximum Gasteiger partial charge on any atom is 0.343 e. The highest BCUT2D eigenvalue weighted by Crippen LogP contribution is 2.29. The Morgan fingerprint density at radius 3 is 2.45 bits per heavy atom. The highest BCUT2D eigenvalue weighted by atomic mass is 127. The molecule has 4 nitrogen and oxygen atoms in total. The molecule has 3 aromatic rings. The van der Waals surface area contributed by atoms with Crippen molar-refractivity contribution in [1.29, 1.82) is 0 Å². The van der Waals surface area contributed by atoms with E-state index in [1.54, 1.807) is 11.3 Å². The lowest BCUT2D eigenvalue weighted by molar-refractivity contribution is -0.668. The van der Waals surface area contributed by atoms with Crippen LogP contribution in [0.15, 0.2) is 71.0 Å². The first-order chi connectivity index (χ1) is 13.8. The number of benzene rings is 2. The van der Waals surface area contributed by atoms with E-state index in [0.29, 0.717) is 5.56 Å². The molecule has 2 aromatic carbocycles. The van der Waals surface area contributed by atoms with Crippen molar-refractivity contribution in [3.05, 3.63) is 71.6 Å². The molecule has 0 atom stereocenters. The maximum absolute atomic E-state index is 12.7. The minimum absolute atomic E-state index is 0. The zero-order valence-corrected chi connectivity index (χ0v) is 19.9. The fraction of sp³-hybridized carbons (Fsp3) is 0.227. The number of amidine groups is 1. The molecule has 0 unspecified atom stereocenters. The molecule has 0 saturated carbocycles. The van der Waals surface area contributed by atoms with Gasteiger partial charge in [-0.25, -0.2) is 4.57 Å². The van der Waals surface area contributed by atoms with Crippen molar-refractivity contribution >= 4 is 39.3 Å². The molecule has 0 saturated heterocycles. The third kappa shape index (κ3) is 4.90. The minimum atomic E-state index is -0.194. The largest absolute Gasteiger partial charge is 1.00 e. The van der Waals surface area contributed by atoms with E-state index < -0.39 is 0 Å². The maximum atomic E-state index is 12.7. The third-order valence-corrected chi connectivity index (χ3v) is 6.41. The van der Waals surface area contributed by atoms with Crippen molar-refractivity contribution in [2.24, 2.45) is 4.99 Å². The molecule has 1 amide bonds. The molecule has 2 heterocycles. The summed E-state index contributed by atoms with van der Waals surface area (Å²) in [6.07, 6.45) is 4.17. The van der Waals surface area contributed by atoms with Gasteiger partial charge in [-0.2, -0.15) is 9.89 Å². The van der Waals surface area contributed by atoms with Crippen LogP contribution in [0.1, 0.15) is 23.2 Å². The van der Waals surface area contributed by atoms with E-state index in [0.717, 1.165) is 36.2 Å². The van der Waals surface area contributed by atoms with Gasteiger partial charge in [0.25, 0.3) is 11.1 Å². The number of carbonyl (C=O) groups is 1. The van der Waals surface area contributed by atoms with Crippen molar-refractivity contribution in [3.63, 3.8) is 0 Å². The van der Waals surface area contributed by atoms with Gasteiger partial charge in [0, 0.05) is 16.5 Å². The van der Waals surface area contributed by atoms with Crippen LogP contribution in [0.4, 0.5) is 5.13 Å². The Morgan fingerprint density at radius 1 is 1.07 bits per heavy atom. The van der Waals surface area contributed by atoms with Gasteiger partial charge in [-0.15, -0.1) is 0 Å². The predicted molar refractivity (Wildman–Crippen MR) is 118 cm³/mol. The number of aliphatic imine (C=N–C) groups is 1. The smallest absolute Gasteiger partial charge is 0.343 e. The number of fused-ring (bicyclic) bond motifs is 1. The van der Waals surface area contributed by atoms with E-state index in [9.17, 15) is 4.79 Å². The van der Waals surface area contributed by atoms with Crippen LogP contribution >= 0.6 is 23.1 Å². The summed E-state index contributed by atoms with van der Waals surface area (Å²) in [4.78, 5) is 19.3. The van der Waals surface area contributed by atoms with Crippen molar-refractivity contribution in [2.75, 3.05) is 17.7 Å². The molecule has 1 aliphatic rings. The van der Waals surface area contributed by atoms with Gasteiger partial charge in [0.2, 0.25) is 0 Å². The lowest BCUT2D eigenvalue weighted by Crippen LogP contribution is -3.00. The summed E-state index contributed by atoms with van der Waals surface area (Å²) in [5, 5.41) is 4.11. The second-order valence-corrected chi connectivity index (χ2v) is 8.16. The van der Waals surface area contributed by atoms with Crippen LogP contribution in [0, 0.1) is 0 Å². The summed E-state index contributed by atoms with van der Waals surface area (Å²) in [7, 11) is 0. The topological polar surface area (TPSA) is 36.6 Å². The molecule has 29 heavy (non-hydrogen) atoms. The van der Waals surface area contributed by atoms with Crippen molar-refractivity contribution in [1.82, 2.24) is 0 Å². The zero-order chi connectivity index (χ0) is 19.3. The lowest BCUT2D eigenvalue weighted by atomic mass is 10.2. The van der Waals surface area contributed by atoms with E-state index in [4.69, 9.17) is 0 Å². The fourth-order valence-electron chi connectivity index (χ4n) is 3.36. The van der Waals surface area contributed by atoms with E-state index in [2.05, 4.69) is 44.1 Å². The number of carbonyl (C=O) groups excluding carboxylic acids is 1. The molecule has 0 aliphatic carbocycles. The van der Waals surface area contributed by atoms with Crippen LogP contribution in [0.25, 0.3) is 11.3 Å². The normalized spacial score (nSPS) is 14.0. The Balaban J connectivity index is 0.00000240. The zero-order valence-electron chi connectivity index (χ0n) is 16.1. The van der Waals surface area contributed by atoms with Crippen molar-refractivity contribution in [2.45, 2.75) is 19.4 Å². The number of hydrogen-bond acceptors (Lipinski definition) is 3. The first-order valence-electron chi connectivity index (χ1n) is 9.34. The highest BCUT2D eigenvalue weighted by Gasteiger charge is 2.32. The summed E-state index contributed by atoms with van der Waals surface area (Å²) < 4.78 is 2.37. The molecule has 0 radical (unpaired) electrons. The lowest BCUT2D eigenvalue weighted by Gasteiger charge is -2.14. The Labute approximate surface area is 196 Å². The molecule has 0 N–H and O–H groups in total. The summed E-state index contributed by atoms with van der Waals surface area (Å²) in [6.45, 7) is 1.85. The van der Waals surface area contributed by atoms with Crippen molar-refractivity contribution in [3.8, 4) is 11.3 Å². The van der Waals surface area contributed by atoms with Gasteiger partial charge >= 0.3 is 5.13 Å². The average molecular weight is 535 g/mol. The molecular weight excluding hydrogens is 513 g/mol. The van der Waals surface area contributed by atoms with Crippen LogP contribution in [-0.4, -0.2) is 23.9 Å². The van der Waals surface area contributed by atoms with E-state index in [1.165, 1.54) is 23.0 Å². The molecule has 150 valence electrons. The third-order valence-electron chi connectivity index (χ3n) is 4.74. The SMILES string of the molecule is CSC(=NC(=O)c1ccccc1)N1CCCC[n+]2c(-c3ccccc3)csc21.[I-]. The number of aromatic nitrogens is 1. The summed E-state index contributed by atoms with van der Waals surface area (Å²) in [6, 6.07) is 19.7. The number of hydrogen-bond donors (Lipinski definition) is 0. The number of nitrogens with zero attached hydrogens (tertiary/aromatic N) is 3. The number of halogens is 1. The Hall–Kier alpha value is -1.71. The minimum Gasteiger partial charge on any atom is -1.00 e. The summed E-state index contributed by atoms with van der Waals surface area (Å²) >= 11 is 3.24. The number of thioether (sulfide) groups is 1. The molecule has 7 heteroatoms. The predicted octanol–water partition coefficient (Wildman–Crippen LogP) is 1.87. The van der Waals surface area contributed by atoms with E-state index >= 15 is 0 Å². The number of rotatable bonds is 2. The monoisotopic (exact) mass is 535 g/mol. The summed E-state index contributed by atoms with van der Waals surface area (Å²) in [5.41, 5.74) is 3.06. The van der Waals surface area contributed by atoms with Gasteiger partial charge < -0.3 is 24.0 Å². The molecule has 0 fully saturated rings. The van der Waals surface area contributed by atoms with E-state index in [1.807, 2.05) is 42.7 Å². The molecular formula is C22H22IN3OS2. The standard InChI is InChI=1S/C22H22N3OS2.HI/c1-27-21(23-20(26)18-12-6-3-7-13-18)25-15-9-8-14-24-19(16-28-22(24)25)17-10-4-2-5-11-17;/h2-7,10-13,16H,8-9,14-15H2,1H3;1H/q+1;/p-1. The Morgan fingerprint density at radius 2 is 1.76 bits per heavy atom. The van der Waals surface area contributed by atoms with Gasteiger partial charge in [-0.05, 0) is 31.2 Å². The number of thiazole rings is 1. The van der Waals surface area contributed by atoms with Crippen LogP contribution in [-0.2, 0) is 6.54 Å². The van der Waals surface area contributed by atoms with Crippen LogP contribution in [0.2, 0.25) is 0 Å². The van der Waals surface area contributed by atoms with Crippen molar-refractivity contribution < 1.29 is 33.3 Å². The average Bonchev–Trinajstić information content (AvgIpc) is 3.06. The van der Waals surface area contributed by atoms with Gasteiger partial charge in [-0.1, -0.05) is 71.6 Å². The molecule has 1 aromatic heterocycles. The van der Waals surface area contributed by atoms with Gasteiger partial charge in [0.05, 0.1) is 13.1 Å². The number of anilines is 1. The number of amides is 1. The second-order valence-electron chi connectivity index (χ2n) is 6.55. The van der Waals surface area contributed by atoms with Gasteiger partial charge in [0.1, 0.15) is 5.69 Å². The molecule has 0 spiro atoms. The fourth-order valence-corrected chi connectivity index (χ4v) is 5.09. The second kappa shape index (κ2) is 10.4. The van der Waals surface area contributed by atoms with Crippen LogP contribution in [0.5, 0.6) is 0 Å². The van der Waals surface area contributed by atoms with E-state index in [-0.39, 0.29) is 29.9 Å². The van der Waals surface area contributed by atoms with Gasteiger partial charge in [0.15, 0.2) is 0 Å².